The zero-order chi connectivity index (χ0) is 17.5. The summed E-state index contributed by atoms with van der Waals surface area (Å²) in [6, 6.07) is 10.9. The second-order valence-corrected chi connectivity index (χ2v) is 5.52. The summed E-state index contributed by atoms with van der Waals surface area (Å²) in [5.74, 6) is 0.530. The van der Waals surface area contributed by atoms with Gasteiger partial charge in [-0.1, -0.05) is 13.0 Å². The van der Waals surface area contributed by atoms with Crippen molar-refractivity contribution in [3.05, 3.63) is 53.1 Å². The van der Waals surface area contributed by atoms with E-state index in [2.05, 4.69) is 12.2 Å². The third kappa shape index (κ3) is 4.41. The van der Waals surface area contributed by atoms with Gasteiger partial charge >= 0.3 is 5.97 Å². The highest BCUT2D eigenvalue weighted by molar-refractivity contribution is 5.88. The van der Waals surface area contributed by atoms with Crippen LogP contribution in [0.4, 0.5) is 5.69 Å². The molecule has 24 heavy (non-hydrogen) atoms. The molecule has 0 aliphatic carbocycles. The molecule has 0 aliphatic heterocycles. The first-order chi connectivity index (χ1) is 11.5. The van der Waals surface area contributed by atoms with Crippen molar-refractivity contribution < 1.29 is 19.4 Å². The second kappa shape index (κ2) is 8.24. The zero-order valence-electron chi connectivity index (χ0n) is 14.3. The Morgan fingerprint density at radius 3 is 2.58 bits per heavy atom. The molecule has 0 bridgehead atoms. The molecule has 0 spiro atoms. The molecule has 2 aromatic rings. The quantitative estimate of drug-likeness (QED) is 0.763. The van der Waals surface area contributed by atoms with Crippen LogP contribution >= 0.6 is 0 Å². The molecule has 2 rings (SSSR count). The number of hydrogen-bond acceptors (Lipinski definition) is 4. The second-order valence-electron chi connectivity index (χ2n) is 5.52. The first-order valence-corrected chi connectivity index (χ1v) is 7.92. The highest BCUT2D eigenvalue weighted by Gasteiger charge is 2.08. The summed E-state index contributed by atoms with van der Waals surface area (Å²) in [6.45, 7) is 5.21. The topological polar surface area (TPSA) is 67.8 Å². The molecule has 0 unspecified atom stereocenters. The molecule has 128 valence electrons. The van der Waals surface area contributed by atoms with Crippen molar-refractivity contribution in [2.75, 3.05) is 19.0 Å². The van der Waals surface area contributed by atoms with Crippen LogP contribution in [0, 0.1) is 6.92 Å². The molecule has 0 radical (unpaired) electrons. The number of benzene rings is 2. The number of aromatic carboxylic acids is 1. The van der Waals surface area contributed by atoms with Gasteiger partial charge in [-0.25, -0.2) is 4.79 Å². The van der Waals surface area contributed by atoms with E-state index in [1.807, 2.05) is 25.1 Å². The van der Waals surface area contributed by atoms with Gasteiger partial charge in [0, 0.05) is 12.2 Å². The van der Waals surface area contributed by atoms with Crippen molar-refractivity contribution in [2.45, 2.75) is 26.8 Å². The van der Waals surface area contributed by atoms with Gasteiger partial charge in [0.05, 0.1) is 19.3 Å². The molecule has 5 nitrogen and oxygen atoms in total. The summed E-state index contributed by atoms with van der Waals surface area (Å²) in [7, 11) is 1.63. The van der Waals surface area contributed by atoms with Gasteiger partial charge in [0.25, 0.3) is 0 Å². The van der Waals surface area contributed by atoms with Crippen LogP contribution in [0.25, 0.3) is 0 Å². The molecule has 2 aromatic carbocycles. The molecule has 0 saturated carbocycles. The van der Waals surface area contributed by atoms with Gasteiger partial charge in [-0.15, -0.1) is 0 Å². The fourth-order valence-corrected chi connectivity index (χ4v) is 2.35. The normalized spacial score (nSPS) is 10.3. The van der Waals surface area contributed by atoms with E-state index < -0.39 is 5.97 Å². The summed E-state index contributed by atoms with van der Waals surface area (Å²) in [5, 5.41) is 12.3. The SMILES string of the molecule is CCCOc1ccc(CNc2ccc(C(=O)O)cc2C)cc1OC. The van der Waals surface area contributed by atoms with Gasteiger partial charge in [0.2, 0.25) is 0 Å². The van der Waals surface area contributed by atoms with Crippen LogP contribution in [0.15, 0.2) is 36.4 Å². The lowest BCUT2D eigenvalue weighted by atomic mass is 10.1. The summed E-state index contributed by atoms with van der Waals surface area (Å²) in [4.78, 5) is 11.0. The van der Waals surface area contributed by atoms with Crippen molar-refractivity contribution in [3.63, 3.8) is 0 Å². The number of hydrogen-bond donors (Lipinski definition) is 2. The average Bonchev–Trinajstić information content (AvgIpc) is 2.59. The van der Waals surface area contributed by atoms with E-state index in [4.69, 9.17) is 14.6 Å². The summed E-state index contributed by atoms with van der Waals surface area (Å²) >= 11 is 0. The number of rotatable bonds is 8. The van der Waals surface area contributed by atoms with Crippen molar-refractivity contribution in [1.29, 1.82) is 0 Å². The van der Waals surface area contributed by atoms with E-state index in [1.165, 1.54) is 0 Å². The van der Waals surface area contributed by atoms with Crippen molar-refractivity contribution in [1.82, 2.24) is 0 Å². The van der Waals surface area contributed by atoms with Crippen LogP contribution in [-0.2, 0) is 6.54 Å². The third-order valence-electron chi connectivity index (χ3n) is 3.65. The Hall–Kier alpha value is -2.69. The first kappa shape index (κ1) is 17.7. The van der Waals surface area contributed by atoms with E-state index in [-0.39, 0.29) is 5.56 Å². The molecular weight excluding hydrogens is 306 g/mol. The van der Waals surface area contributed by atoms with E-state index in [0.717, 1.165) is 29.0 Å². The highest BCUT2D eigenvalue weighted by atomic mass is 16.5. The average molecular weight is 329 g/mol. The van der Waals surface area contributed by atoms with Gasteiger partial charge in [-0.3, -0.25) is 0 Å². The number of methoxy groups -OCH3 is 1. The fourth-order valence-electron chi connectivity index (χ4n) is 2.35. The Balaban J connectivity index is 2.07. The Morgan fingerprint density at radius 2 is 1.96 bits per heavy atom. The number of ether oxygens (including phenoxy) is 2. The van der Waals surface area contributed by atoms with Crippen molar-refractivity contribution in [2.24, 2.45) is 0 Å². The lowest BCUT2D eigenvalue weighted by Crippen LogP contribution is -2.04. The molecular formula is C19H23NO4. The lowest BCUT2D eigenvalue weighted by molar-refractivity contribution is 0.0697. The van der Waals surface area contributed by atoms with Crippen molar-refractivity contribution >= 4 is 11.7 Å². The number of anilines is 1. The predicted octanol–water partition coefficient (Wildman–Crippen LogP) is 4.10. The summed E-state index contributed by atoms with van der Waals surface area (Å²) in [5.41, 5.74) is 3.14. The molecule has 0 atom stereocenters. The largest absolute Gasteiger partial charge is 0.493 e. The molecule has 0 saturated heterocycles. The van der Waals surface area contributed by atoms with Crippen LogP contribution in [0.3, 0.4) is 0 Å². The van der Waals surface area contributed by atoms with E-state index >= 15 is 0 Å². The van der Waals surface area contributed by atoms with E-state index in [0.29, 0.717) is 18.9 Å². The van der Waals surface area contributed by atoms with Gasteiger partial charge in [0.1, 0.15) is 0 Å². The smallest absolute Gasteiger partial charge is 0.335 e. The predicted molar refractivity (Wildman–Crippen MR) is 94.2 cm³/mol. The molecule has 2 N–H and O–H groups in total. The minimum absolute atomic E-state index is 0.289. The Kier molecular flexibility index (Phi) is 6.07. The molecule has 0 aromatic heterocycles. The Bertz CT molecular complexity index is 713. The summed E-state index contributed by atoms with van der Waals surface area (Å²) < 4.78 is 11.0. The van der Waals surface area contributed by atoms with Crippen LogP contribution in [0.1, 0.15) is 34.8 Å². The summed E-state index contributed by atoms with van der Waals surface area (Å²) in [6.07, 6.45) is 0.943. The maximum atomic E-state index is 11.0. The Morgan fingerprint density at radius 1 is 1.17 bits per heavy atom. The zero-order valence-corrected chi connectivity index (χ0v) is 14.3. The first-order valence-electron chi connectivity index (χ1n) is 7.92. The third-order valence-corrected chi connectivity index (χ3v) is 3.65. The van der Waals surface area contributed by atoms with Gasteiger partial charge in [0.15, 0.2) is 11.5 Å². The number of carboxylic acids is 1. The molecule has 0 fully saturated rings. The maximum Gasteiger partial charge on any atom is 0.335 e. The maximum absolute atomic E-state index is 11.0. The van der Waals surface area contributed by atoms with Crippen molar-refractivity contribution in [3.8, 4) is 11.5 Å². The van der Waals surface area contributed by atoms with Gasteiger partial charge < -0.3 is 19.9 Å². The number of carboxylic acid groups (broad SMARTS) is 1. The van der Waals surface area contributed by atoms with Gasteiger partial charge in [-0.2, -0.15) is 0 Å². The lowest BCUT2D eigenvalue weighted by Gasteiger charge is -2.13. The highest BCUT2D eigenvalue weighted by Crippen LogP contribution is 2.28. The standard InChI is InChI=1S/C19H23NO4/c1-4-9-24-17-8-5-14(11-18(17)23-3)12-20-16-7-6-15(19(21)22)10-13(16)2/h5-8,10-11,20H,4,9,12H2,1-3H3,(H,21,22). The van der Waals surface area contributed by atoms with Crippen LogP contribution in [-0.4, -0.2) is 24.8 Å². The van der Waals surface area contributed by atoms with Crippen LogP contribution < -0.4 is 14.8 Å². The molecule has 0 aliphatic rings. The minimum Gasteiger partial charge on any atom is -0.493 e. The van der Waals surface area contributed by atoms with Crippen LogP contribution in [0.2, 0.25) is 0 Å². The number of nitrogens with one attached hydrogen (secondary N) is 1. The van der Waals surface area contributed by atoms with Crippen LogP contribution in [0.5, 0.6) is 11.5 Å². The molecule has 5 heteroatoms. The Labute approximate surface area is 142 Å². The number of aryl methyl sites for hydroxylation is 1. The molecule has 0 heterocycles. The molecule has 0 amide bonds. The monoisotopic (exact) mass is 329 g/mol. The van der Waals surface area contributed by atoms with E-state index in [1.54, 1.807) is 25.3 Å². The van der Waals surface area contributed by atoms with E-state index in [9.17, 15) is 4.79 Å². The fraction of sp³-hybridized carbons (Fsp3) is 0.316. The minimum atomic E-state index is -0.919. The van der Waals surface area contributed by atoms with Gasteiger partial charge in [-0.05, 0) is 54.8 Å². The number of carbonyl (C=O) groups is 1.